The number of nitrogens with zero attached hydrogens (tertiary/aromatic N) is 3. The Morgan fingerprint density at radius 1 is 1.27 bits per heavy atom. The summed E-state index contributed by atoms with van der Waals surface area (Å²) in [5.41, 5.74) is 2.00. The predicted octanol–water partition coefficient (Wildman–Crippen LogP) is 2.67. The largest absolute Gasteiger partial charge is 0.264 e. The van der Waals surface area contributed by atoms with Crippen LogP contribution in [0, 0.1) is 11.3 Å². The maximum atomic E-state index is 8.97. The molecule has 3 nitrogen and oxygen atoms in total. The van der Waals surface area contributed by atoms with E-state index in [-0.39, 0.29) is 5.15 Å². The first kappa shape index (κ1) is 9.63. The second kappa shape index (κ2) is 4.07. The van der Waals surface area contributed by atoms with Gasteiger partial charge in [-0.05, 0) is 12.1 Å². The van der Waals surface area contributed by atoms with Gasteiger partial charge in [0.25, 0.3) is 0 Å². The molecule has 0 fully saturated rings. The Labute approximate surface area is 92.0 Å². The van der Waals surface area contributed by atoms with Crippen LogP contribution in [0.15, 0.2) is 36.8 Å². The van der Waals surface area contributed by atoms with Gasteiger partial charge in [0.2, 0.25) is 0 Å². The number of hydrogen-bond acceptors (Lipinski definition) is 3. The second-order valence-corrected chi connectivity index (χ2v) is 3.24. The Morgan fingerprint density at radius 3 is 2.80 bits per heavy atom. The van der Waals surface area contributed by atoms with Crippen molar-refractivity contribution >= 4 is 11.6 Å². The zero-order chi connectivity index (χ0) is 10.7. The van der Waals surface area contributed by atoms with Gasteiger partial charge in [0.1, 0.15) is 11.2 Å². The minimum Gasteiger partial charge on any atom is -0.264 e. The molecule has 0 aliphatic rings. The van der Waals surface area contributed by atoms with Crippen molar-refractivity contribution in [1.29, 1.82) is 5.26 Å². The van der Waals surface area contributed by atoms with E-state index < -0.39 is 0 Å². The number of rotatable bonds is 1. The normalized spacial score (nSPS) is 9.60. The molecule has 0 bridgehead atoms. The highest BCUT2D eigenvalue weighted by atomic mass is 35.5. The first-order valence-electron chi connectivity index (χ1n) is 4.28. The highest BCUT2D eigenvalue weighted by molar-refractivity contribution is 6.30. The molecule has 0 unspecified atom stereocenters. The molecule has 15 heavy (non-hydrogen) atoms. The summed E-state index contributed by atoms with van der Waals surface area (Å²) in [5.74, 6) is 0. The quantitative estimate of drug-likeness (QED) is 0.688. The lowest BCUT2D eigenvalue weighted by Gasteiger charge is -2.03. The molecular weight excluding hydrogens is 210 g/mol. The highest BCUT2D eigenvalue weighted by Crippen LogP contribution is 2.25. The Bertz CT molecular complexity index is 517. The molecule has 0 aliphatic heterocycles. The lowest BCUT2D eigenvalue weighted by atomic mass is 10.0. The van der Waals surface area contributed by atoms with Crippen molar-refractivity contribution in [3.63, 3.8) is 0 Å². The second-order valence-electron chi connectivity index (χ2n) is 2.88. The van der Waals surface area contributed by atoms with Crippen LogP contribution in [0.25, 0.3) is 11.1 Å². The van der Waals surface area contributed by atoms with Gasteiger partial charge in [0, 0.05) is 29.7 Å². The number of aromatic nitrogens is 2. The van der Waals surface area contributed by atoms with Crippen LogP contribution in [0.5, 0.6) is 0 Å². The molecule has 0 aliphatic carbocycles. The number of nitriles is 1. The molecule has 4 heteroatoms. The summed E-state index contributed by atoms with van der Waals surface area (Å²) >= 11 is 5.83. The fourth-order valence-corrected chi connectivity index (χ4v) is 1.51. The maximum Gasteiger partial charge on any atom is 0.147 e. The average Bonchev–Trinajstić information content (AvgIpc) is 2.30. The first-order valence-corrected chi connectivity index (χ1v) is 4.65. The van der Waals surface area contributed by atoms with E-state index in [4.69, 9.17) is 16.9 Å². The van der Waals surface area contributed by atoms with Crippen LogP contribution in [0.3, 0.4) is 0 Å². The summed E-state index contributed by atoms with van der Waals surface area (Å²) < 4.78 is 0. The van der Waals surface area contributed by atoms with Crippen molar-refractivity contribution in [2.24, 2.45) is 0 Å². The molecule has 0 saturated heterocycles. The van der Waals surface area contributed by atoms with E-state index in [9.17, 15) is 0 Å². The standard InChI is InChI=1S/C11H6ClN3/c12-11-10(6-13)9(3-5-15-11)8-2-1-4-14-7-8/h1-5,7H. The van der Waals surface area contributed by atoms with Gasteiger partial charge in [-0.2, -0.15) is 5.26 Å². The van der Waals surface area contributed by atoms with Crippen molar-refractivity contribution < 1.29 is 0 Å². The topological polar surface area (TPSA) is 49.6 Å². The lowest BCUT2D eigenvalue weighted by Crippen LogP contribution is -1.88. The molecule has 2 aromatic rings. The van der Waals surface area contributed by atoms with Gasteiger partial charge in [-0.3, -0.25) is 4.98 Å². The molecule has 0 aromatic carbocycles. The van der Waals surface area contributed by atoms with Crippen LogP contribution in [0.2, 0.25) is 5.15 Å². The van der Waals surface area contributed by atoms with Gasteiger partial charge in [0.15, 0.2) is 0 Å². The third-order valence-corrected chi connectivity index (χ3v) is 2.28. The van der Waals surface area contributed by atoms with Crippen molar-refractivity contribution in [1.82, 2.24) is 9.97 Å². The number of hydrogen-bond donors (Lipinski definition) is 0. The van der Waals surface area contributed by atoms with E-state index in [1.165, 1.54) is 0 Å². The van der Waals surface area contributed by atoms with Crippen LogP contribution < -0.4 is 0 Å². The Hall–Kier alpha value is -1.92. The van der Waals surface area contributed by atoms with E-state index in [1.54, 1.807) is 24.7 Å². The van der Waals surface area contributed by atoms with E-state index in [2.05, 4.69) is 9.97 Å². The van der Waals surface area contributed by atoms with Gasteiger partial charge in [-0.25, -0.2) is 4.98 Å². The lowest BCUT2D eigenvalue weighted by molar-refractivity contribution is 1.28. The molecule has 0 N–H and O–H groups in total. The van der Waals surface area contributed by atoms with Crippen LogP contribution in [-0.2, 0) is 0 Å². The van der Waals surface area contributed by atoms with Crippen molar-refractivity contribution in [2.45, 2.75) is 0 Å². The van der Waals surface area contributed by atoms with Gasteiger partial charge < -0.3 is 0 Å². The highest BCUT2D eigenvalue weighted by Gasteiger charge is 2.08. The molecule has 0 radical (unpaired) electrons. The molecule has 2 rings (SSSR count). The zero-order valence-electron chi connectivity index (χ0n) is 7.68. The molecule has 72 valence electrons. The maximum absolute atomic E-state index is 8.97. The molecule has 0 saturated carbocycles. The summed E-state index contributed by atoms with van der Waals surface area (Å²) in [6.45, 7) is 0. The Morgan fingerprint density at radius 2 is 2.13 bits per heavy atom. The van der Waals surface area contributed by atoms with Crippen molar-refractivity contribution in [3.05, 3.63) is 47.5 Å². The third-order valence-electron chi connectivity index (χ3n) is 1.99. The van der Waals surface area contributed by atoms with Crippen molar-refractivity contribution in [3.8, 4) is 17.2 Å². The molecular formula is C11H6ClN3. The average molecular weight is 216 g/mol. The van der Waals surface area contributed by atoms with E-state index in [0.29, 0.717) is 5.56 Å². The fraction of sp³-hybridized carbons (Fsp3) is 0. The van der Waals surface area contributed by atoms with E-state index >= 15 is 0 Å². The van der Waals surface area contributed by atoms with Crippen LogP contribution in [0.1, 0.15) is 5.56 Å². The number of pyridine rings is 2. The molecule has 2 aromatic heterocycles. The SMILES string of the molecule is N#Cc1c(-c2cccnc2)ccnc1Cl. The minimum absolute atomic E-state index is 0.221. The molecule has 0 atom stereocenters. The molecule has 2 heterocycles. The minimum atomic E-state index is 0.221. The van der Waals surface area contributed by atoms with Crippen LogP contribution >= 0.6 is 11.6 Å². The van der Waals surface area contributed by atoms with E-state index in [0.717, 1.165) is 11.1 Å². The van der Waals surface area contributed by atoms with Gasteiger partial charge >= 0.3 is 0 Å². The first-order chi connectivity index (χ1) is 7.33. The summed E-state index contributed by atoms with van der Waals surface area (Å²) in [5, 5.41) is 9.19. The van der Waals surface area contributed by atoms with Gasteiger partial charge in [-0.1, -0.05) is 17.7 Å². The molecule has 0 spiro atoms. The summed E-state index contributed by atoms with van der Waals surface area (Å²) in [4.78, 5) is 7.85. The zero-order valence-corrected chi connectivity index (χ0v) is 8.44. The van der Waals surface area contributed by atoms with Crippen molar-refractivity contribution in [2.75, 3.05) is 0 Å². The summed E-state index contributed by atoms with van der Waals surface area (Å²) in [7, 11) is 0. The van der Waals surface area contributed by atoms with E-state index in [1.807, 2.05) is 18.2 Å². The Kier molecular flexibility index (Phi) is 2.61. The summed E-state index contributed by atoms with van der Waals surface area (Å²) in [6.07, 6.45) is 4.94. The smallest absolute Gasteiger partial charge is 0.147 e. The Balaban J connectivity index is 2.65. The molecule has 0 amide bonds. The van der Waals surface area contributed by atoms with Crippen LogP contribution in [0.4, 0.5) is 0 Å². The summed E-state index contributed by atoms with van der Waals surface area (Å²) in [6, 6.07) is 7.48. The number of halogens is 1. The van der Waals surface area contributed by atoms with Gasteiger partial charge in [0.05, 0.1) is 5.56 Å². The third kappa shape index (κ3) is 1.80. The fourth-order valence-electron chi connectivity index (χ4n) is 1.31. The predicted molar refractivity (Wildman–Crippen MR) is 57.2 cm³/mol. The van der Waals surface area contributed by atoms with Crippen LogP contribution in [-0.4, -0.2) is 9.97 Å². The monoisotopic (exact) mass is 215 g/mol. The van der Waals surface area contributed by atoms with Gasteiger partial charge in [-0.15, -0.1) is 0 Å².